The van der Waals surface area contributed by atoms with Crippen LogP contribution in [0.3, 0.4) is 0 Å². The Kier molecular flexibility index (Phi) is 6.39. The monoisotopic (exact) mass is 385 g/mol. The van der Waals surface area contributed by atoms with Gasteiger partial charge in [-0.25, -0.2) is 0 Å². The van der Waals surface area contributed by atoms with E-state index >= 15 is 0 Å². The highest BCUT2D eigenvalue weighted by atomic mass is 79.9. The molecule has 0 aromatic carbocycles. The zero-order chi connectivity index (χ0) is 12.1. The average molecular weight is 387 g/mol. The van der Waals surface area contributed by atoms with Gasteiger partial charge in [0.15, 0.2) is 0 Å². The number of halogens is 2. The predicted octanol–water partition coefficient (Wildman–Crippen LogP) is 4.14. The third-order valence-corrected chi connectivity index (χ3v) is 6.22. The van der Waals surface area contributed by atoms with Gasteiger partial charge in [0.1, 0.15) is 0 Å². The van der Waals surface area contributed by atoms with E-state index in [0.717, 1.165) is 24.6 Å². The molecule has 6 heteroatoms. The maximum absolute atomic E-state index is 11.8. The Bertz CT molecular complexity index is 348. The van der Waals surface area contributed by atoms with E-state index < -0.39 is 0 Å². The first kappa shape index (κ1) is 14.5. The molecule has 90 valence electrons. The smallest absolute Gasteiger partial charge is 0.261 e. The third kappa shape index (κ3) is 4.39. The Hall–Kier alpha value is 0.480. The van der Waals surface area contributed by atoms with Crippen LogP contribution in [0, 0.1) is 0 Å². The van der Waals surface area contributed by atoms with Crippen molar-refractivity contribution in [2.75, 3.05) is 11.5 Å². The van der Waals surface area contributed by atoms with E-state index in [9.17, 15) is 4.79 Å². The van der Waals surface area contributed by atoms with Crippen molar-refractivity contribution in [3.05, 3.63) is 19.2 Å². The van der Waals surface area contributed by atoms with Crippen LogP contribution in [-0.2, 0) is 0 Å². The lowest BCUT2D eigenvalue weighted by molar-refractivity contribution is 0.0948. The summed E-state index contributed by atoms with van der Waals surface area (Å²) in [5.41, 5.74) is 0. The maximum atomic E-state index is 11.8. The highest BCUT2D eigenvalue weighted by Crippen LogP contribution is 2.32. The summed E-state index contributed by atoms with van der Waals surface area (Å²) < 4.78 is 1.88. The molecule has 1 heterocycles. The van der Waals surface area contributed by atoms with Gasteiger partial charge in [-0.1, -0.05) is 6.92 Å². The molecule has 1 aromatic rings. The summed E-state index contributed by atoms with van der Waals surface area (Å²) in [6, 6.07) is 2.04. The zero-order valence-electron chi connectivity index (χ0n) is 9.05. The lowest BCUT2D eigenvalue weighted by Crippen LogP contribution is -2.33. The summed E-state index contributed by atoms with van der Waals surface area (Å²) >= 11 is 10.0. The van der Waals surface area contributed by atoms with Gasteiger partial charge in [-0.2, -0.15) is 11.8 Å². The standard InChI is InChI=1S/C10H13Br2NOS2/c1-3-15-5-6(2)13-10(14)8-4-7(11)9(12)16-8/h4,6H,3,5H2,1-2H3,(H,13,14). The summed E-state index contributed by atoms with van der Waals surface area (Å²) in [5.74, 6) is 2.03. The number of carbonyl (C=O) groups is 1. The van der Waals surface area contributed by atoms with Gasteiger partial charge in [0, 0.05) is 16.3 Å². The van der Waals surface area contributed by atoms with E-state index in [1.54, 1.807) is 0 Å². The summed E-state index contributed by atoms with van der Waals surface area (Å²) in [7, 11) is 0. The topological polar surface area (TPSA) is 29.1 Å². The average Bonchev–Trinajstić information content (AvgIpc) is 2.56. The maximum Gasteiger partial charge on any atom is 0.261 e. The predicted molar refractivity (Wildman–Crippen MR) is 79.6 cm³/mol. The molecule has 0 spiro atoms. The SMILES string of the molecule is CCSCC(C)NC(=O)c1cc(Br)c(Br)s1. The van der Waals surface area contributed by atoms with Crippen molar-refractivity contribution in [3.8, 4) is 0 Å². The number of hydrogen-bond donors (Lipinski definition) is 1. The van der Waals surface area contributed by atoms with Crippen molar-refractivity contribution in [2.24, 2.45) is 0 Å². The molecule has 0 radical (unpaired) electrons. The molecule has 2 nitrogen and oxygen atoms in total. The van der Waals surface area contributed by atoms with Crippen LogP contribution in [0.25, 0.3) is 0 Å². The van der Waals surface area contributed by atoms with Gasteiger partial charge in [-0.3, -0.25) is 4.79 Å². The van der Waals surface area contributed by atoms with Crippen LogP contribution in [0.15, 0.2) is 14.3 Å². The Morgan fingerprint density at radius 2 is 2.31 bits per heavy atom. The van der Waals surface area contributed by atoms with Crippen LogP contribution < -0.4 is 5.32 Å². The van der Waals surface area contributed by atoms with Gasteiger partial charge in [0.2, 0.25) is 0 Å². The van der Waals surface area contributed by atoms with Crippen LogP contribution in [0.2, 0.25) is 0 Å². The highest BCUT2D eigenvalue weighted by molar-refractivity contribution is 9.13. The molecule has 0 aliphatic carbocycles. The first-order valence-corrected chi connectivity index (χ1v) is 8.43. The van der Waals surface area contributed by atoms with Crippen LogP contribution in [0.1, 0.15) is 23.5 Å². The Balaban J connectivity index is 2.52. The molecule has 16 heavy (non-hydrogen) atoms. The molecular formula is C10H13Br2NOS2. The van der Waals surface area contributed by atoms with Crippen LogP contribution >= 0.6 is 55.0 Å². The lowest BCUT2D eigenvalue weighted by Gasteiger charge is -2.11. The van der Waals surface area contributed by atoms with Gasteiger partial charge in [0.05, 0.1) is 8.66 Å². The first-order chi connectivity index (χ1) is 7.54. The summed E-state index contributed by atoms with van der Waals surface area (Å²) in [4.78, 5) is 12.6. The summed E-state index contributed by atoms with van der Waals surface area (Å²) in [6.45, 7) is 4.14. The molecule has 0 saturated heterocycles. The second-order valence-electron chi connectivity index (χ2n) is 3.27. The zero-order valence-corrected chi connectivity index (χ0v) is 13.9. The molecule has 0 saturated carbocycles. The number of hydrogen-bond acceptors (Lipinski definition) is 3. The fourth-order valence-corrected chi connectivity index (χ4v) is 3.70. The molecule has 0 aliphatic heterocycles. The third-order valence-electron chi connectivity index (χ3n) is 1.82. The molecular weight excluding hydrogens is 374 g/mol. The molecule has 0 fully saturated rings. The number of rotatable bonds is 5. The molecule has 1 unspecified atom stereocenters. The van der Waals surface area contributed by atoms with Crippen LogP contribution in [-0.4, -0.2) is 23.5 Å². The molecule has 1 aromatic heterocycles. The normalized spacial score (nSPS) is 12.5. The highest BCUT2D eigenvalue weighted by Gasteiger charge is 2.13. The number of amides is 1. The number of thioether (sulfide) groups is 1. The quantitative estimate of drug-likeness (QED) is 0.823. The largest absolute Gasteiger partial charge is 0.348 e. The fourth-order valence-electron chi connectivity index (χ4n) is 1.09. The molecule has 0 aliphatic rings. The van der Waals surface area contributed by atoms with E-state index in [1.165, 1.54) is 11.3 Å². The van der Waals surface area contributed by atoms with E-state index in [4.69, 9.17) is 0 Å². The first-order valence-electron chi connectivity index (χ1n) is 4.88. The van der Waals surface area contributed by atoms with Crippen molar-refractivity contribution in [1.82, 2.24) is 5.32 Å². The Labute approximate surface area is 121 Å². The molecule has 1 N–H and O–H groups in total. The van der Waals surface area contributed by atoms with Gasteiger partial charge in [-0.05, 0) is 50.6 Å². The van der Waals surface area contributed by atoms with Gasteiger partial charge < -0.3 is 5.32 Å². The molecule has 0 bridgehead atoms. The molecule has 1 amide bonds. The fraction of sp³-hybridized carbons (Fsp3) is 0.500. The molecule has 1 rings (SSSR count). The Morgan fingerprint density at radius 3 is 2.81 bits per heavy atom. The summed E-state index contributed by atoms with van der Waals surface area (Å²) in [5, 5.41) is 2.98. The van der Waals surface area contributed by atoms with Gasteiger partial charge >= 0.3 is 0 Å². The van der Waals surface area contributed by atoms with E-state index in [1.807, 2.05) is 24.8 Å². The van der Waals surface area contributed by atoms with Crippen molar-refractivity contribution >= 4 is 60.9 Å². The van der Waals surface area contributed by atoms with Gasteiger partial charge in [0.25, 0.3) is 5.91 Å². The summed E-state index contributed by atoms with van der Waals surface area (Å²) in [6.07, 6.45) is 0. The van der Waals surface area contributed by atoms with Crippen molar-refractivity contribution in [2.45, 2.75) is 19.9 Å². The van der Waals surface area contributed by atoms with Crippen LogP contribution in [0.4, 0.5) is 0 Å². The van der Waals surface area contributed by atoms with Crippen molar-refractivity contribution in [1.29, 1.82) is 0 Å². The number of nitrogens with one attached hydrogen (secondary N) is 1. The minimum atomic E-state index is 0.000558. The minimum Gasteiger partial charge on any atom is -0.348 e. The lowest BCUT2D eigenvalue weighted by atomic mass is 10.3. The van der Waals surface area contributed by atoms with Gasteiger partial charge in [-0.15, -0.1) is 11.3 Å². The van der Waals surface area contributed by atoms with Crippen molar-refractivity contribution < 1.29 is 4.79 Å². The van der Waals surface area contributed by atoms with E-state index in [0.29, 0.717) is 0 Å². The number of carbonyl (C=O) groups excluding carboxylic acids is 1. The minimum absolute atomic E-state index is 0.000558. The van der Waals surface area contributed by atoms with Crippen LogP contribution in [0.5, 0.6) is 0 Å². The second-order valence-corrected chi connectivity index (χ2v) is 7.81. The second kappa shape index (κ2) is 7.03. The molecule has 1 atom stereocenters. The van der Waals surface area contributed by atoms with E-state index in [2.05, 4.69) is 44.1 Å². The van der Waals surface area contributed by atoms with Crippen molar-refractivity contribution in [3.63, 3.8) is 0 Å². The van der Waals surface area contributed by atoms with E-state index in [-0.39, 0.29) is 11.9 Å². The number of thiophene rings is 1. The Morgan fingerprint density at radius 1 is 1.62 bits per heavy atom.